The number of allylic oxidation sites excluding steroid dienone is 3. The van der Waals surface area contributed by atoms with Gasteiger partial charge >= 0.3 is 13.8 Å². The molecule has 0 saturated carbocycles. The van der Waals surface area contributed by atoms with Gasteiger partial charge in [0.05, 0.1) is 33.8 Å². The van der Waals surface area contributed by atoms with Crippen molar-refractivity contribution < 1.29 is 37.3 Å². The Labute approximate surface area is 492 Å². The minimum Gasteiger partial charge on any atom is -0.456 e. The lowest BCUT2D eigenvalue weighted by Crippen LogP contribution is -2.47. The molecule has 3 atom stereocenters. The van der Waals surface area contributed by atoms with Gasteiger partial charge in [0.2, 0.25) is 5.91 Å². The zero-order valence-corrected chi connectivity index (χ0v) is 54.5. The summed E-state index contributed by atoms with van der Waals surface area (Å²) >= 11 is 0. The first-order valence-corrected chi connectivity index (χ1v) is 36.2. The third kappa shape index (κ3) is 60.9. The second-order valence-corrected chi connectivity index (χ2v) is 26.5. The van der Waals surface area contributed by atoms with E-state index in [0.29, 0.717) is 23.9 Å². The molecular formula is C69H136N2O7P+. The monoisotopic (exact) mass is 1140 g/mol. The van der Waals surface area contributed by atoms with Crippen LogP contribution in [0.15, 0.2) is 24.3 Å². The molecule has 0 radical (unpaired) electrons. The first-order chi connectivity index (χ1) is 38.4. The van der Waals surface area contributed by atoms with Crippen molar-refractivity contribution in [3.8, 4) is 0 Å². The lowest BCUT2D eigenvalue weighted by molar-refractivity contribution is -0.870. The molecule has 0 rings (SSSR count). The molecule has 3 unspecified atom stereocenters. The number of hydrogen-bond acceptors (Lipinski definition) is 6. The Morgan fingerprint density at radius 3 is 1.08 bits per heavy atom. The quantitative estimate of drug-likeness (QED) is 0.0205. The molecule has 468 valence electrons. The number of ether oxygens (including phenoxy) is 1. The third-order valence-corrected chi connectivity index (χ3v) is 16.9. The van der Waals surface area contributed by atoms with Gasteiger partial charge in [-0.15, -0.1) is 0 Å². The topological polar surface area (TPSA) is 111 Å². The number of phosphoric acid groups is 1. The van der Waals surface area contributed by atoms with Crippen molar-refractivity contribution in [2.24, 2.45) is 0 Å². The van der Waals surface area contributed by atoms with Crippen LogP contribution in [0, 0.1) is 0 Å². The van der Waals surface area contributed by atoms with Crippen LogP contribution in [0.3, 0.4) is 0 Å². The summed E-state index contributed by atoms with van der Waals surface area (Å²) in [5.74, 6) is -0.490. The average molecular weight is 1140 g/mol. The molecule has 0 aliphatic heterocycles. The van der Waals surface area contributed by atoms with Gasteiger partial charge in [0.15, 0.2) is 0 Å². The second kappa shape index (κ2) is 59.6. The predicted molar refractivity (Wildman–Crippen MR) is 342 cm³/mol. The predicted octanol–water partition coefficient (Wildman–Crippen LogP) is 21.7. The van der Waals surface area contributed by atoms with Crippen molar-refractivity contribution in [2.75, 3.05) is 40.9 Å². The fourth-order valence-corrected chi connectivity index (χ4v) is 11.3. The Morgan fingerprint density at radius 1 is 0.430 bits per heavy atom. The fourth-order valence-electron chi connectivity index (χ4n) is 10.5. The van der Waals surface area contributed by atoms with Crippen LogP contribution in [0.4, 0.5) is 0 Å². The van der Waals surface area contributed by atoms with Gasteiger partial charge in [0.25, 0.3) is 0 Å². The molecule has 0 aromatic carbocycles. The number of hydrogen-bond donors (Lipinski definition) is 2. The van der Waals surface area contributed by atoms with Crippen molar-refractivity contribution in [1.82, 2.24) is 5.32 Å². The number of esters is 1. The van der Waals surface area contributed by atoms with Gasteiger partial charge in [0.1, 0.15) is 19.3 Å². The Hall–Kier alpha value is -1.51. The fraction of sp³-hybridized carbons (Fsp3) is 0.913. The molecule has 0 saturated heterocycles. The maximum atomic E-state index is 13.6. The first-order valence-electron chi connectivity index (χ1n) is 34.7. The summed E-state index contributed by atoms with van der Waals surface area (Å²) in [6.45, 7) is 7.06. The highest BCUT2D eigenvalue weighted by Gasteiger charge is 2.30. The molecule has 0 aliphatic carbocycles. The molecule has 0 aromatic heterocycles. The van der Waals surface area contributed by atoms with Gasteiger partial charge in [-0.1, -0.05) is 309 Å². The van der Waals surface area contributed by atoms with Crippen molar-refractivity contribution in [3.63, 3.8) is 0 Å². The van der Waals surface area contributed by atoms with Gasteiger partial charge in [-0.25, -0.2) is 4.57 Å². The number of unbranched alkanes of at least 4 members (excludes halogenated alkanes) is 46. The number of nitrogens with one attached hydrogen (secondary N) is 1. The number of nitrogens with zero attached hydrogens (tertiary/aromatic N) is 1. The second-order valence-electron chi connectivity index (χ2n) is 25.1. The van der Waals surface area contributed by atoms with Gasteiger partial charge in [-0.05, 0) is 57.4 Å². The lowest BCUT2D eigenvalue weighted by atomic mass is 10.0. The van der Waals surface area contributed by atoms with Crippen LogP contribution in [0.25, 0.3) is 0 Å². The molecule has 1 amide bonds. The van der Waals surface area contributed by atoms with Gasteiger partial charge < -0.3 is 19.4 Å². The van der Waals surface area contributed by atoms with E-state index >= 15 is 0 Å². The van der Waals surface area contributed by atoms with Crippen molar-refractivity contribution in [2.45, 2.75) is 367 Å². The molecule has 0 spiro atoms. The number of quaternary nitrogens is 1. The molecule has 0 aliphatic rings. The molecule has 0 heterocycles. The number of likely N-dealkylation sites (N-methyl/N-ethyl adjacent to an activating group) is 1. The number of carbonyl (C=O) groups excluding carboxylic acids is 2. The molecule has 79 heavy (non-hydrogen) atoms. The van der Waals surface area contributed by atoms with Crippen LogP contribution in [-0.4, -0.2) is 74.3 Å². The molecule has 2 N–H and O–H groups in total. The Bertz CT molecular complexity index is 1400. The summed E-state index contributed by atoms with van der Waals surface area (Å²) in [6.07, 6.45) is 71.9. The average Bonchev–Trinajstić information content (AvgIpc) is 3.41. The maximum Gasteiger partial charge on any atom is 0.472 e. The minimum absolute atomic E-state index is 0.0433. The number of rotatable bonds is 64. The highest BCUT2D eigenvalue weighted by Crippen LogP contribution is 2.43. The van der Waals surface area contributed by atoms with Gasteiger partial charge in [0, 0.05) is 12.8 Å². The van der Waals surface area contributed by atoms with E-state index in [1.54, 1.807) is 0 Å². The van der Waals surface area contributed by atoms with Crippen LogP contribution >= 0.6 is 7.82 Å². The normalized spacial score (nSPS) is 13.7. The SMILES string of the molecule is CCCCCCCC/C=C/CCCCCCCCCC(=O)OC(/C=C\CCCCCCCCCCC)C(COP(=O)(O)OCC[N+](C)(C)C)NC(=O)CCCCCCCCCCCCCCCCCCCCCCCCCCC. The zero-order chi connectivity index (χ0) is 57.9. The van der Waals surface area contributed by atoms with E-state index < -0.39 is 20.0 Å². The molecule has 0 fully saturated rings. The maximum absolute atomic E-state index is 13.6. The molecule has 0 aromatic rings. The smallest absolute Gasteiger partial charge is 0.456 e. The van der Waals surface area contributed by atoms with E-state index in [4.69, 9.17) is 13.8 Å². The molecule has 10 heteroatoms. The minimum atomic E-state index is -4.45. The third-order valence-electron chi connectivity index (χ3n) is 15.9. The van der Waals surface area contributed by atoms with E-state index in [9.17, 15) is 19.0 Å². The molecule has 0 bridgehead atoms. The van der Waals surface area contributed by atoms with Gasteiger partial charge in [-0.3, -0.25) is 18.6 Å². The summed E-state index contributed by atoms with van der Waals surface area (Å²) in [5.41, 5.74) is 0. The lowest BCUT2D eigenvalue weighted by Gasteiger charge is -2.27. The molecular weight excluding hydrogens is 1000 g/mol. The van der Waals surface area contributed by atoms with Crippen LogP contribution in [0.2, 0.25) is 0 Å². The number of phosphoric ester groups is 1. The highest BCUT2D eigenvalue weighted by molar-refractivity contribution is 7.47. The van der Waals surface area contributed by atoms with Crippen LogP contribution in [-0.2, 0) is 27.9 Å². The van der Waals surface area contributed by atoms with Gasteiger partial charge in [-0.2, -0.15) is 0 Å². The van der Waals surface area contributed by atoms with E-state index in [1.165, 1.54) is 263 Å². The van der Waals surface area contributed by atoms with Crippen molar-refractivity contribution in [3.05, 3.63) is 24.3 Å². The Morgan fingerprint density at radius 2 is 0.734 bits per heavy atom. The van der Waals surface area contributed by atoms with Crippen molar-refractivity contribution >= 4 is 19.7 Å². The number of carbonyl (C=O) groups is 2. The first kappa shape index (κ1) is 77.5. The highest BCUT2D eigenvalue weighted by atomic mass is 31.2. The Balaban J connectivity index is 4.99. The standard InChI is InChI=1S/C69H135N2O7P/c1-7-10-13-16-19-22-25-27-29-31-32-33-34-35-36-37-38-40-41-43-46-49-52-55-58-61-68(72)70-66(65-77-79(74,75)76-64-63-71(4,5)6)67(60-57-54-51-48-45-24-21-18-15-12-9-3)78-69(73)62-59-56-53-50-47-44-42-39-30-28-26-23-20-17-14-11-8-2/h28,30,57,60,66-67H,7-27,29,31-56,58-59,61-65H2,1-6H3,(H-,70,72,74,75)/p+1/b30-28+,60-57-. The summed E-state index contributed by atoms with van der Waals surface area (Å²) < 4.78 is 30.8. The van der Waals surface area contributed by atoms with Crippen molar-refractivity contribution in [1.29, 1.82) is 0 Å². The number of amides is 1. The largest absolute Gasteiger partial charge is 0.472 e. The summed E-state index contributed by atoms with van der Waals surface area (Å²) in [5, 5.41) is 3.07. The van der Waals surface area contributed by atoms with Crippen LogP contribution < -0.4 is 5.32 Å². The van der Waals surface area contributed by atoms with E-state index in [-0.39, 0.29) is 25.1 Å². The summed E-state index contributed by atoms with van der Waals surface area (Å²) in [7, 11) is 1.51. The van der Waals surface area contributed by atoms with E-state index in [2.05, 4.69) is 38.2 Å². The zero-order valence-electron chi connectivity index (χ0n) is 53.6. The summed E-state index contributed by atoms with van der Waals surface area (Å²) in [6, 6.07) is -0.845. The molecule has 9 nitrogen and oxygen atoms in total. The summed E-state index contributed by atoms with van der Waals surface area (Å²) in [4.78, 5) is 37.8. The van der Waals surface area contributed by atoms with Crippen LogP contribution in [0.5, 0.6) is 0 Å². The van der Waals surface area contributed by atoms with Crippen LogP contribution in [0.1, 0.15) is 355 Å². The van der Waals surface area contributed by atoms with E-state index in [0.717, 1.165) is 57.8 Å². The Kier molecular flexibility index (Phi) is 58.5. The van der Waals surface area contributed by atoms with E-state index in [1.807, 2.05) is 33.3 Å².